The maximum Gasteiger partial charge on any atom is 0.237 e. The number of methoxy groups -OCH3 is 1. The Morgan fingerprint density at radius 3 is 2.55 bits per heavy atom. The second kappa shape index (κ2) is 8.87. The first-order valence-electron chi connectivity index (χ1n) is 9.22. The minimum Gasteiger partial charge on any atom is -0.497 e. The maximum absolute atomic E-state index is 5.41. The van der Waals surface area contributed by atoms with Crippen molar-refractivity contribution in [1.29, 1.82) is 0 Å². The van der Waals surface area contributed by atoms with Crippen LogP contribution in [0, 0.1) is 0 Å². The van der Waals surface area contributed by atoms with Gasteiger partial charge in [-0.1, -0.05) is 23.8 Å². The van der Waals surface area contributed by atoms with Gasteiger partial charge >= 0.3 is 0 Å². The van der Waals surface area contributed by atoms with Crippen molar-refractivity contribution < 1.29 is 9.26 Å². The second-order valence-electron chi connectivity index (χ2n) is 6.22. The predicted octanol–water partition coefficient (Wildman–Crippen LogP) is 4.10. The SMILES string of the molecule is CCCn1c(SCc2nc(-c3ccc(OC)cc3)no2)nnc1-c1ccncc1. The molecule has 0 aliphatic carbocycles. The van der Waals surface area contributed by atoms with Crippen molar-refractivity contribution in [2.75, 3.05) is 7.11 Å². The molecular weight excluding hydrogens is 388 g/mol. The molecule has 0 spiro atoms. The van der Waals surface area contributed by atoms with Gasteiger partial charge in [-0.25, -0.2) is 0 Å². The molecule has 3 aromatic heterocycles. The Bertz CT molecular complexity index is 1060. The number of ether oxygens (including phenoxy) is 1. The molecular formula is C20H20N6O2S. The van der Waals surface area contributed by atoms with Crippen LogP contribution in [0.5, 0.6) is 5.75 Å². The molecule has 0 aliphatic heterocycles. The Hall–Kier alpha value is -3.20. The number of rotatable bonds is 8. The fourth-order valence-corrected chi connectivity index (χ4v) is 3.63. The zero-order chi connectivity index (χ0) is 20.1. The molecule has 0 fully saturated rings. The smallest absolute Gasteiger partial charge is 0.237 e. The molecule has 0 bridgehead atoms. The number of thioether (sulfide) groups is 1. The number of pyridine rings is 1. The Labute approximate surface area is 172 Å². The van der Waals surface area contributed by atoms with Crippen LogP contribution in [0.15, 0.2) is 58.5 Å². The third-order valence-electron chi connectivity index (χ3n) is 4.24. The van der Waals surface area contributed by atoms with Crippen LogP contribution >= 0.6 is 11.8 Å². The van der Waals surface area contributed by atoms with Crippen molar-refractivity contribution in [1.82, 2.24) is 29.9 Å². The van der Waals surface area contributed by atoms with E-state index in [1.165, 1.54) is 11.8 Å². The summed E-state index contributed by atoms with van der Waals surface area (Å²) in [5.41, 5.74) is 1.87. The number of nitrogens with zero attached hydrogens (tertiary/aromatic N) is 6. The van der Waals surface area contributed by atoms with Gasteiger partial charge in [-0.3, -0.25) is 4.98 Å². The van der Waals surface area contributed by atoms with E-state index < -0.39 is 0 Å². The highest BCUT2D eigenvalue weighted by Gasteiger charge is 2.16. The van der Waals surface area contributed by atoms with E-state index >= 15 is 0 Å². The lowest BCUT2D eigenvalue weighted by atomic mass is 10.2. The summed E-state index contributed by atoms with van der Waals surface area (Å²) < 4.78 is 12.7. The fourth-order valence-electron chi connectivity index (χ4n) is 2.83. The van der Waals surface area contributed by atoms with Gasteiger partial charge in [-0.2, -0.15) is 4.98 Å². The first kappa shape index (κ1) is 19.1. The third-order valence-corrected chi connectivity index (χ3v) is 5.20. The second-order valence-corrected chi connectivity index (χ2v) is 7.17. The van der Waals surface area contributed by atoms with Gasteiger partial charge in [0.05, 0.1) is 12.9 Å². The molecule has 1 aromatic carbocycles. The summed E-state index contributed by atoms with van der Waals surface area (Å²) in [5, 5.41) is 13.6. The standard InChI is InChI=1S/C20H20N6O2S/c1-3-12-26-19(15-8-10-21-11-9-15)23-24-20(26)29-13-17-22-18(25-28-17)14-4-6-16(27-2)7-5-14/h4-11H,3,12-13H2,1-2H3. The molecule has 0 unspecified atom stereocenters. The monoisotopic (exact) mass is 408 g/mol. The van der Waals surface area contributed by atoms with E-state index in [1.54, 1.807) is 19.5 Å². The van der Waals surface area contributed by atoms with Crippen molar-refractivity contribution in [3.63, 3.8) is 0 Å². The Morgan fingerprint density at radius 2 is 1.83 bits per heavy atom. The molecule has 0 N–H and O–H groups in total. The summed E-state index contributed by atoms with van der Waals surface area (Å²) >= 11 is 1.53. The molecule has 8 nitrogen and oxygen atoms in total. The van der Waals surface area contributed by atoms with E-state index in [-0.39, 0.29) is 0 Å². The number of aromatic nitrogens is 6. The Balaban J connectivity index is 1.49. The average molecular weight is 408 g/mol. The highest BCUT2D eigenvalue weighted by atomic mass is 32.2. The molecule has 0 amide bonds. The Morgan fingerprint density at radius 1 is 1.03 bits per heavy atom. The quantitative estimate of drug-likeness (QED) is 0.402. The van der Waals surface area contributed by atoms with Gasteiger partial charge in [0.25, 0.3) is 0 Å². The summed E-state index contributed by atoms with van der Waals surface area (Å²) in [6.45, 7) is 2.96. The van der Waals surface area contributed by atoms with E-state index in [2.05, 4.69) is 36.8 Å². The van der Waals surface area contributed by atoms with Crippen molar-refractivity contribution in [3.05, 3.63) is 54.7 Å². The summed E-state index contributed by atoms with van der Waals surface area (Å²) in [7, 11) is 1.63. The predicted molar refractivity (Wildman–Crippen MR) is 109 cm³/mol. The van der Waals surface area contributed by atoms with Crippen molar-refractivity contribution in [2.24, 2.45) is 0 Å². The highest BCUT2D eigenvalue weighted by molar-refractivity contribution is 7.98. The van der Waals surface area contributed by atoms with Crippen molar-refractivity contribution in [3.8, 4) is 28.5 Å². The summed E-state index contributed by atoms with van der Waals surface area (Å²) in [4.78, 5) is 8.56. The highest BCUT2D eigenvalue weighted by Crippen LogP contribution is 2.27. The van der Waals surface area contributed by atoms with Crippen LogP contribution in [0.4, 0.5) is 0 Å². The molecule has 0 radical (unpaired) electrons. The van der Waals surface area contributed by atoms with Gasteiger partial charge in [0.1, 0.15) is 5.75 Å². The van der Waals surface area contributed by atoms with Gasteiger partial charge in [0, 0.05) is 30.1 Å². The summed E-state index contributed by atoms with van der Waals surface area (Å²) in [5.74, 6) is 3.23. The van der Waals surface area contributed by atoms with E-state index in [0.29, 0.717) is 17.5 Å². The van der Waals surface area contributed by atoms with Gasteiger partial charge in [-0.05, 0) is 42.8 Å². The van der Waals surface area contributed by atoms with E-state index in [0.717, 1.165) is 40.8 Å². The summed E-state index contributed by atoms with van der Waals surface area (Å²) in [6.07, 6.45) is 4.49. The van der Waals surface area contributed by atoms with Gasteiger partial charge in [-0.15, -0.1) is 10.2 Å². The van der Waals surface area contributed by atoms with Crippen LogP contribution in [0.2, 0.25) is 0 Å². The topological polar surface area (TPSA) is 91.8 Å². The zero-order valence-corrected chi connectivity index (χ0v) is 17.0. The molecule has 4 rings (SSSR count). The van der Waals surface area contributed by atoms with Crippen molar-refractivity contribution >= 4 is 11.8 Å². The van der Waals surface area contributed by atoms with E-state index in [9.17, 15) is 0 Å². The van der Waals surface area contributed by atoms with Crippen molar-refractivity contribution in [2.45, 2.75) is 30.8 Å². The van der Waals surface area contributed by atoms with E-state index in [4.69, 9.17) is 9.26 Å². The minimum atomic E-state index is 0.515. The molecule has 4 aromatic rings. The fraction of sp³-hybridized carbons (Fsp3) is 0.250. The van der Waals surface area contributed by atoms with Crippen LogP contribution in [0.1, 0.15) is 19.2 Å². The zero-order valence-electron chi connectivity index (χ0n) is 16.1. The molecule has 0 atom stereocenters. The van der Waals surface area contributed by atoms with Gasteiger partial charge in [0.15, 0.2) is 11.0 Å². The van der Waals surface area contributed by atoms with Crippen LogP contribution in [0.3, 0.4) is 0 Å². The molecule has 0 aliphatic rings. The maximum atomic E-state index is 5.41. The number of hydrogen-bond donors (Lipinski definition) is 0. The summed E-state index contributed by atoms with van der Waals surface area (Å²) in [6, 6.07) is 11.4. The molecule has 9 heteroatoms. The average Bonchev–Trinajstić information content (AvgIpc) is 3.40. The molecule has 3 heterocycles. The van der Waals surface area contributed by atoms with Gasteiger partial charge in [0.2, 0.25) is 11.7 Å². The lowest BCUT2D eigenvalue weighted by Crippen LogP contribution is -2.02. The third kappa shape index (κ3) is 4.29. The van der Waals surface area contributed by atoms with E-state index in [1.807, 2.05) is 36.4 Å². The van der Waals surface area contributed by atoms with Crippen LogP contribution < -0.4 is 4.74 Å². The molecule has 29 heavy (non-hydrogen) atoms. The minimum absolute atomic E-state index is 0.515. The number of hydrogen-bond acceptors (Lipinski definition) is 8. The van der Waals surface area contributed by atoms with Crippen LogP contribution in [-0.2, 0) is 12.3 Å². The largest absolute Gasteiger partial charge is 0.497 e. The number of benzene rings is 1. The lowest BCUT2D eigenvalue weighted by molar-refractivity contribution is 0.391. The Kier molecular flexibility index (Phi) is 5.85. The van der Waals surface area contributed by atoms with Crippen LogP contribution in [-0.4, -0.2) is 37.0 Å². The molecule has 148 valence electrons. The normalized spacial score (nSPS) is 11.0. The van der Waals surface area contributed by atoms with Gasteiger partial charge < -0.3 is 13.8 Å². The first-order chi connectivity index (χ1) is 14.3. The molecule has 0 saturated heterocycles. The lowest BCUT2D eigenvalue weighted by Gasteiger charge is -2.07. The molecule has 0 saturated carbocycles. The van der Waals surface area contributed by atoms with Crippen LogP contribution in [0.25, 0.3) is 22.8 Å². The first-order valence-corrected chi connectivity index (χ1v) is 10.2.